The van der Waals surface area contributed by atoms with Crippen LogP contribution in [0.25, 0.3) is 0 Å². The molecule has 1 N–H and O–H groups in total. The minimum Gasteiger partial charge on any atom is -0.344 e. The lowest BCUT2D eigenvalue weighted by molar-refractivity contribution is 0.0980. The maximum absolute atomic E-state index is 12.5. The molecule has 1 amide bonds. The lowest BCUT2D eigenvalue weighted by Crippen LogP contribution is -2.32. The van der Waals surface area contributed by atoms with Crippen molar-refractivity contribution >= 4 is 21.9 Å². The van der Waals surface area contributed by atoms with Crippen molar-refractivity contribution in [3.63, 3.8) is 0 Å². The second-order valence-corrected chi connectivity index (χ2v) is 8.76. The summed E-state index contributed by atoms with van der Waals surface area (Å²) in [6, 6.07) is 16.3. The van der Waals surface area contributed by atoms with E-state index in [1.54, 1.807) is 19.1 Å². The highest BCUT2D eigenvalue weighted by Crippen LogP contribution is 2.14. The van der Waals surface area contributed by atoms with Gasteiger partial charge < -0.3 is 4.90 Å². The van der Waals surface area contributed by atoms with Crippen LogP contribution in [0.5, 0.6) is 0 Å². The third kappa shape index (κ3) is 5.21. The van der Waals surface area contributed by atoms with Gasteiger partial charge in [0.25, 0.3) is 15.9 Å². The second kappa shape index (κ2) is 9.04. The largest absolute Gasteiger partial charge is 0.344 e. The number of sulfonamides is 1. The molecule has 0 aliphatic carbocycles. The molecule has 3 rings (SSSR count). The van der Waals surface area contributed by atoms with Crippen molar-refractivity contribution < 1.29 is 13.2 Å². The van der Waals surface area contributed by atoms with E-state index in [1.165, 1.54) is 23.9 Å². The van der Waals surface area contributed by atoms with Gasteiger partial charge in [0.2, 0.25) is 5.95 Å². The number of benzene rings is 2. The van der Waals surface area contributed by atoms with Gasteiger partial charge in [-0.1, -0.05) is 48.0 Å². The maximum atomic E-state index is 12.5. The summed E-state index contributed by atoms with van der Waals surface area (Å²) in [5.74, 6) is -0.284. The molecule has 1 heterocycles. The average molecular weight is 425 g/mol. The van der Waals surface area contributed by atoms with E-state index in [9.17, 15) is 13.2 Å². The highest BCUT2D eigenvalue weighted by molar-refractivity contribution is 7.90. The number of nitrogens with zero attached hydrogens (tertiary/aromatic N) is 3. The predicted molar refractivity (Wildman–Crippen MR) is 116 cm³/mol. The SMILES string of the molecule is Cc1ccc(S(=O)(=O)NC(=O)c2cnc(N(C)CCc3ccccc3)nc2C)cc1. The zero-order chi connectivity index (χ0) is 21.7. The number of amides is 1. The topological polar surface area (TPSA) is 92.3 Å². The van der Waals surface area contributed by atoms with Gasteiger partial charge in [0.05, 0.1) is 16.2 Å². The van der Waals surface area contributed by atoms with E-state index in [1.807, 2.05) is 37.1 Å². The fourth-order valence-corrected chi connectivity index (χ4v) is 3.82. The van der Waals surface area contributed by atoms with Crippen molar-refractivity contribution in [2.45, 2.75) is 25.2 Å². The zero-order valence-electron chi connectivity index (χ0n) is 17.2. The molecule has 0 aliphatic rings. The van der Waals surface area contributed by atoms with Crippen LogP contribution in [0, 0.1) is 13.8 Å². The molecule has 0 atom stereocenters. The molecule has 0 spiro atoms. The molecule has 0 unspecified atom stereocenters. The van der Waals surface area contributed by atoms with E-state index in [0.717, 1.165) is 12.0 Å². The zero-order valence-corrected chi connectivity index (χ0v) is 18.0. The van der Waals surface area contributed by atoms with Gasteiger partial charge in [0, 0.05) is 19.8 Å². The number of aryl methyl sites for hydroxylation is 2. The Kier molecular flexibility index (Phi) is 6.47. The summed E-state index contributed by atoms with van der Waals surface area (Å²) in [5, 5.41) is 0. The van der Waals surface area contributed by atoms with Crippen LogP contribution in [-0.2, 0) is 16.4 Å². The van der Waals surface area contributed by atoms with Crippen molar-refractivity contribution in [3.05, 3.63) is 83.2 Å². The Morgan fingerprint density at radius 1 is 1.03 bits per heavy atom. The van der Waals surface area contributed by atoms with Crippen molar-refractivity contribution in [2.75, 3.05) is 18.5 Å². The van der Waals surface area contributed by atoms with Gasteiger partial charge in [-0.15, -0.1) is 0 Å². The van der Waals surface area contributed by atoms with Gasteiger partial charge in [-0.25, -0.2) is 23.1 Å². The number of hydrogen-bond donors (Lipinski definition) is 1. The number of carbonyl (C=O) groups is 1. The molecule has 0 saturated heterocycles. The Hall–Kier alpha value is -3.26. The highest BCUT2D eigenvalue weighted by Gasteiger charge is 2.21. The first-order chi connectivity index (χ1) is 14.3. The summed E-state index contributed by atoms with van der Waals surface area (Å²) in [4.78, 5) is 23.1. The summed E-state index contributed by atoms with van der Waals surface area (Å²) in [6.07, 6.45) is 2.19. The van der Waals surface area contributed by atoms with E-state index >= 15 is 0 Å². The summed E-state index contributed by atoms with van der Waals surface area (Å²) >= 11 is 0. The van der Waals surface area contributed by atoms with Crippen LogP contribution in [-0.4, -0.2) is 37.9 Å². The molecule has 8 heteroatoms. The Morgan fingerprint density at radius 2 is 1.70 bits per heavy atom. The molecule has 3 aromatic rings. The normalized spacial score (nSPS) is 11.2. The van der Waals surface area contributed by atoms with Crippen molar-refractivity contribution in [1.29, 1.82) is 0 Å². The fourth-order valence-electron chi connectivity index (χ4n) is 2.86. The van der Waals surface area contributed by atoms with E-state index in [-0.39, 0.29) is 10.5 Å². The van der Waals surface area contributed by atoms with Gasteiger partial charge in [-0.3, -0.25) is 4.79 Å². The Labute approximate surface area is 176 Å². The molecule has 0 aliphatic heterocycles. The first-order valence-electron chi connectivity index (χ1n) is 9.49. The Balaban J connectivity index is 1.69. The first kappa shape index (κ1) is 21.4. The molecule has 0 bridgehead atoms. The smallest absolute Gasteiger partial charge is 0.268 e. The van der Waals surface area contributed by atoms with E-state index in [0.29, 0.717) is 18.2 Å². The van der Waals surface area contributed by atoms with Crippen LogP contribution in [0.2, 0.25) is 0 Å². The molecule has 0 radical (unpaired) electrons. The number of hydrogen-bond acceptors (Lipinski definition) is 6. The van der Waals surface area contributed by atoms with E-state index in [2.05, 4.69) is 26.8 Å². The minimum absolute atomic E-state index is 0.0253. The van der Waals surface area contributed by atoms with Gasteiger partial charge in [0.15, 0.2) is 0 Å². The molecule has 30 heavy (non-hydrogen) atoms. The average Bonchev–Trinajstić information content (AvgIpc) is 2.72. The monoisotopic (exact) mass is 424 g/mol. The molecular weight excluding hydrogens is 400 g/mol. The molecule has 7 nitrogen and oxygen atoms in total. The Morgan fingerprint density at radius 3 is 2.33 bits per heavy atom. The van der Waals surface area contributed by atoms with Crippen LogP contribution in [0.15, 0.2) is 65.7 Å². The number of carbonyl (C=O) groups excluding carboxylic acids is 1. The van der Waals surface area contributed by atoms with Crippen molar-refractivity contribution in [1.82, 2.24) is 14.7 Å². The minimum atomic E-state index is -3.97. The summed E-state index contributed by atoms with van der Waals surface area (Å²) < 4.78 is 27.0. The number of anilines is 1. The number of likely N-dealkylation sites (N-methyl/N-ethyl adjacent to an activating group) is 1. The first-order valence-corrected chi connectivity index (χ1v) is 11.0. The van der Waals surface area contributed by atoms with Crippen molar-refractivity contribution in [2.24, 2.45) is 0 Å². The Bertz CT molecular complexity index is 1130. The second-order valence-electron chi connectivity index (χ2n) is 7.07. The van der Waals surface area contributed by atoms with Gasteiger partial charge in [-0.2, -0.15) is 0 Å². The van der Waals surface area contributed by atoms with Crippen LogP contribution in [0.1, 0.15) is 27.2 Å². The van der Waals surface area contributed by atoms with E-state index < -0.39 is 15.9 Å². The highest BCUT2D eigenvalue weighted by atomic mass is 32.2. The summed E-state index contributed by atoms with van der Waals surface area (Å²) in [6.45, 7) is 4.22. The van der Waals surface area contributed by atoms with E-state index in [4.69, 9.17) is 0 Å². The van der Waals surface area contributed by atoms with Gasteiger partial charge in [-0.05, 0) is 38.0 Å². The lowest BCUT2D eigenvalue weighted by Gasteiger charge is -2.18. The maximum Gasteiger partial charge on any atom is 0.268 e. The summed E-state index contributed by atoms with van der Waals surface area (Å²) in [7, 11) is -2.10. The van der Waals surface area contributed by atoms with Crippen LogP contribution in [0.3, 0.4) is 0 Å². The number of aromatic nitrogens is 2. The third-order valence-corrected chi connectivity index (χ3v) is 6.04. The predicted octanol–water partition coefficient (Wildman–Crippen LogP) is 2.89. The molecule has 2 aromatic carbocycles. The molecular formula is C22H24N4O3S. The fraction of sp³-hybridized carbons (Fsp3) is 0.227. The number of nitrogens with one attached hydrogen (secondary N) is 1. The third-order valence-electron chi connectivity index (χ3n) is 4.69. The van der Waals surface area contributed by atoms with Gasteiger partial charge in [0.1, 0.15) is 0 Å². The molecule has 0 saturated carbocycles. The molecule has 0 fully saturated rings. The molecule has 156 valence electrons. The van der Waals surface area contributed by atoms with Crippen molar-refractivity contribution in [3.8, 4) is 0 Å². The van der Waals surface area contributed by atoms with Crippen LogP contribution in [0.4, 0.5) is 5.95 Å². The quantitative estimate of drug-likeness (QED) is 0.627. The number of rotatable bonds is 7. The standard InChI is InChI=1S/C22H24N4O3S/c1-16-9-11-19(12-10-16)30(28,29)25-21(27)20-15-23-22(24-17(20)2)26(3)14-13-18-7-5-4-6-8-18/h4-12,15H,13-14H2,1-3H3,(H,25,27). The summed E-state index contributed by atoms with van der Waals surface area (Å²) in [5.41, 5.74) is 2.66. The molecule has 1 aromatic heterocycles. The van der Waals surface area contributed by atoms with Gasteiger partial charge >= 0.3 is 0 Å². The van der Waals surface area contributed by atoms with Crippen LogP contribution >= 0.6 is 0 Å². The lowest BCUT2D eigenvalue weighted by atomic mass is 10.1. The van der Waals surface area contributed by atoms with Crippen LogP contribution < -0.4 is 9.62 Å².